The van der Waals surface area contributed by atoms with E-state index in [0.29, 0.717) is 41.9 Å². The molecule has 8 fully saturated rings. The number of hydrogen-bond donors (Lipinski definition) is 6. The predicted octanol–water partition coefficient (Wildman–Crippen LogP) is 2.08. The molecule has 6 N–H and O–H groups in total. The van der Waals surface area contributed by atoms with Crippen LogP contribution in [0.4, 0.5) is 0 Å². The van der Waals surface area contributed by atoms with Gasteiger partial charge < -0.3 is 59.1 Å². The van der Waals surface area contributed by atoms with Crippen LogP contribution >= 0.6 is 0 Å². The molecule has 0 aromatic carbocycles. The first-order valence-corrected chi connectivity index (χ1v) is 19.7. The van der Waals surface area contributed by atoms with Crippen molar-refractivity contribution in [2.45, 2.75) is 172 Å². The molecular formula is C38H62O12. The third kappa shape index (κ3) is 5.52. The van der Waals surface area contributed by atoms with Crippen LogP contribution in [0.15, 0.2) is 0 Å². The molecule has 0 amide bonds. The van der Waals surface area contributed by atoms with E-state index in [4.69, 9.17) is 28.4 Å². The maximum atomic E-state index is 11.2. The minimum atomic E-state index is -1.59. The molecule has 0 radical (unpaired) electrons. The molecule has 4 aliphatic heterocycles. The van der Waals surface area contributed by atoms with Gasteiger partial charge in [0.2, 0.25) is 0 Å². The van der Waals surface area contributed by atoms with E-state index in [9.17, 15) is 30.6 Å². The summed E-state index contributed by atoms with van der Waals surface area (Å²) in [6.07, 6.45) is -3.88. The Morgan fingerprint density at radius 3 is 2.24 bits per heavy atom. The number of ether oxygens (including phenoxy) is 6. The van der Waals surface area contributed by atoms with Gasteiger partial charge in [-0.3, -0.25) is 0 Å². The summed E-state index contributed by atoms with van der Waals surface area (Å²) in [6.45, 7) is 11.6. The highest BCUT2D eigenvalue weighted by Crippen LogP contribution is 2.71. The van der Waals surface area contributed by atoms with Crippen molar-refractivity contribution in [1.29, 1.82) is 0 Å². The second kappa shape index (κ2) is 13.1. The molecule has 4 saturated heterocycles. The van der Waals surface area contributed by atoms with Gasteiger partial charge in [-0.25, -0.2) is 0 Å². The molecule has 8 rings (SSSR count). The topological polar surface area (TPSA) is 177 Å². The number of aliphatic hydroxyl groups is 6. The molecule has 0 bridgehead atoms. The molecule has 4 heterocycles. The Hall–Kier alpha value is -0.480. The van der Waals surface area contributed by atoms with Gasteiger partial charge in [-0.1, -0.05) is 27.7 Å². The Morgan fingerprint density at radius 1 is 0.720 bits per heavy atom. The Morgan fingerprint density at radius 2 is 1.50 bits per heavy atom. The van der Waals surface area contributed by atoms with Gasteiger partial charge in [0.05, 0.1) is 37.6 Å². The van der Waals surface area contributed by atoms with Crippen LogP contribution in [0.3, 0.4) is 0 Å². The zero-order valence-corrected chi connectivity index (χ0v) is 30.4. The van der Waals surface area contributed by atoms with Crippen LogP contribution in [-0.2, 0) is 28.4 Å². The summed E-state index contributed by atoms with van der Waals surface area (Å²) in [4.78, 5) is 0. The largest absolute Gasteiger partial charge is 0.393 e. The highest BCUT2D eigenvalue weighted by atomic mass is 16.8. The van der Waals surface area contributed by atoms with Crippen molar-refractivity contribution >= 4 is 0 Å². The van der Waals surface area contributed by atoms with Gasteiger partial charge in [0.1, 0.15) is 36.6 Å². The zero-order chi connectivity index (χ0) is 35.5. The lowest BCUT2D eigenvalue weighted by molar-refractivity contribution is -0.366. The third-order valence-electron chi connectivity index (χ3n) is 15.8. The van der Waals surface area contributed by atoms with Crippen molar-refractivity contribution < 1.29 is 59.1 Å². The second-order valence-electron chi connectivity index (χ2n) is 18.3. The molecule has 0 aromatic heterocycles. The number of aliphatic hydroxyl groups excluding tert-OH is 6. The van der Waals surface area contributed by atoms with E-state index in [1.807, 2.05) is 0 Å². The average Bonchev–Trinajstić information content (AvgIpc) is 3.53. The first kappa shape index (κ1) is 36.5. The molecule has 4 saturated carbocycles. The summed E-state index contributed by atoms with van der Waals surface area (Å²) in [5.74, 6) is 2.58. The summed E-state index contributed by atoms with van der Waals surface area (Å²) in [5.41, 5.74) is -0.112. The molecule has 50 heavy (non-hydrogen) atoms. The normalized spacial score (nSPS) is 60.9. The average molecular weight is 711 g/mol. The van der Waals surface area contributed by atoms with Crippen LogP contribution in [0.2, 0.25) is 0 Å². The lowest BCUT2D eigenvalue weighted by atomic mass is 9.43. The highest BCUT2D eigenvalue weighted by Gasteiger charge is 2.70. The van der Waals surface area contributed by atoms with Gasteiger partial charge in [0.25, 0.3) is 0 Å². The Labute approximate surface area is 296 Å². The summed E-state index contributed by atoms with van der Waals surface area (Å²) in [6, 6.07) is 0. The first-order valence-electron chi connectivity index (χ1n) is 19.7. The molecule has 22 atom stereocenters. The van der Waals surface area contributed by atoms with Gasteiger partial charge in [-0.2, -0.15) is 0 Å². The summed E-state index contributed by atoms with van der Waals surface area (Å²) >= 11 is 0. The molecule has 1 spiro atoms. The molecule has 8 aliphatic rings. The Bertz CT molecular complexity index is 1230. The molecule has 0 unspecified atom stereocenters. The van der Waals surface area contributed by atoms with E-state index in [1.54, 1.807) is 6.92 Å². The van der Waals surface area contributed by atoms with Crippen molar-refractivity contribution in [3.63, 3.8) is 0 Å². The summed E-state index contributed by atoms with van der Waals surface area (Å²) < 4.78 is 38.1. The minimum Gasteiger partial charge on any atom is -0.393 e. The molecule has 12 heteroatoms. The highest BCUT2D eigenvalue weighted by molar-refractivity contribution is 5.16. The number of rotatable bonds is 4. The quantitative estimate of drug-likeness (QED) is 0.251. The van der Waals surface area contributed by atoms with Gasteiger partial charge in [-0.15, -0.1) is 0 Å². The van der Waals surface area contributed by atoms with Gasteiger partial charge in [-0.05, 0) is 98.2 Å². The summed E-state index contributed by atoms with van der Waals surface area (Å²) in [5, 5.41) is 64.2. The second-order valence-corrected chi connectivity index (χ2v) is 18.3. The van der Waals surface area contributed by atoms with E-state index in [1.165, 1.54) is 0 Å². The van der Waals surface area contributed by atoms with Crippen LogP contribution in [0, 0.1) is 52.3 Å². The zero-order valence-electron chi connectivity index (χ0n) is 30.4. The van der Waals surface area contributed by atoms with Crippen molar-refractivity contribution in [1.82, 2.24) is 0 Å². The van der Waals surface area contributed by atoms with Crippen molar-refractivity contribution in [3.8, 4) is 0 Å². The van der Waals surface area contributed by atoms with E-state index in [0.717, 1.165) is 58.0 Å². The van der Waals surface area contributed by atoms with Crippen LogP contribution in [0.1, 0.15) is 92.4 Å². The Balaban J connectivity index is 1.03. The van der Waals surface area contributed by atoms with Crippen LogP contribution in [0.5, 0.6) is 0 Å². The number of fused-ring (bicyclic) bond motifs is 7. The van der Waals surface area contributed by atoms with Gasteiger partial charge in [0, 0.05) is 18.8 Å². The van der Waals surface area contributed by atoms with Crippen LogP contribution < -0.4 is 0 Å². The van der Waals surface area contributed by atoms with Gasteiger partial charge >= 0.3 is 0 Å². The SMILES string of the molecule is C[C@H]1CC[C@]2(OC1)O[C@H]1C[C@H]3[C@@H]4CC[C@@H]5C[C@@H](O)C[C@@H](O[C@@H]6OC[C@@H](O)[C@H](O)[C@H]6O[C@@H]6O[C@@H](C)[C@H](O)[C@@H](O)[C@H]6O)[C@]5(C)[C@H]4CC[C@]3(C)[C@H]1[C@@H]2C. The molecule has 286 valence electrons. The molecular weight excluding hydrogens is 648 g/mol. The van der Waals surface area contributed by atoms with E-state index in [2.05, 4.69) is 27.7 Å². The van der Waals surface area contributed by atoms with E-state index >= 15 is 0 Å². The van der Waals surface area contributed by atoms with Crippen molar-refractivity contribution in [3.05, 3.63) is 0 Å². The Kier molecular flexibility index (Phi) is 9.55. The molecule has 12 nitrogen and oxygen atoms in total. The fourth-order valence-corrected chi connectivity index (χ4v) is 13.0. The fraction of sp³-hybridized carbons (Fsp3) is 1.00. The fourth-order valence-electron chi connectivity index (χ4n) is 13.0. The van der Waals surface area contributed by atoms with Crippen LogP contribution in [-0.4, -0.2) is 123 Å². The first-order chi connectivity index (χ1) is 23.7. The monoisotopic (exact) mass is 710 g/mol. The maximum Gasteiger partial charge on any atom is 0.187 e. The number of hydrogen-bond acceptors (Lipinski definition) is 12. The molecule has 4 aliphatic carbocycles. The molecule has 0 aromatic rings. The van der Waals surface area contributed by atoms with E-state index in [-0.39, 0.29) is 29.5 Å². The van der Waals surface area contributed by atoms with Crippen LogP contribution in [0.25, 0.3) is 0 Å². The lowest BCUT2D eigenvalue weighted by Gasteiger charge is -2.63. The van der Waals surface area contributed by atoms with Gasteiger partial charge in [0.15, 0.2) is 18.4 Å². The van der Waals surface area contributed by atoms with Crippen molar-refractivity contribution in [2.24, 2.45) is 52.3 Å². The standard InChI is InChI=1S/C38H62O12/c1-17-8-11-38(46-15-17)18(2)28-26(50-38)14-24-22-7-6-20-12-21(39)13-27(37(20,5)23(22)9-10-36(24,28)4)48-35-33(30(42)25(40)16-45-35)49-34-32(44)31(43)29(41)19(3)47-34/h17-35,39-44H,6-16H2,1-5H3/t17-,18-,19-,20+,21+,22+,23-,24-,25+,26-,27+,28-,29-,30-,31+,32+,33+,34-,35-,36-,37-,38-/m0/s1. The van der Waals surface area contributed by atoms with E-state index < -0.39 is 73.3 Å². The third-order valence-corrected chi connectivity index (χ3v) is 15.8. The maximum absolute atomic E-state index is 11.2. The van der Waals surface area contributed by atoms with Crippen molar-refractivity contribution in [2.75, 3.05) is 13.2 Å². The summed E-state index contributed by atoms with van der Waals surface area (Å²) in [7, 11) is 0. The minimum absolute atomic E-state index is 0.163. The smallest absolute Gasteiger partial charge is 0.187 e. The lowest BCUT2D eigenvalue weighted by Crippen LogP contribution is -2.64. The predicted molar refractivity (Wildman–Crippen MR) is 177 cm³/mol.